The first-order valence-electron chi connectivity index (χ1n) is 6.62. The third-order valence-corrected chi connectivity index (χ3v) is 4.67. The molecule has 102 valence electrons. The van der Waals surface area contributed by atoms with Gasteiger partial charge in [0.05, 0.1) is 11.8 Å². The number of piperazine rings is 1. The molecule has 0 saturated carbocycles. The fourth-order valence-electron chi connectivity index (χ4n) is 2.40. The number of hydrogen-bond donors (Lipinski definition) is 1. The van der Waals surface area contributed by atoms with Gasteiger partial charge in [-0.25, -0.2) is 4.98 Å². The van der Waals surface area contributed by atoms with Crippen molar-refractivity contribution >= 4 is 21.6 Å². The average molecular weight is 278 g/mol. The molecule has 1 aliphatic heterocycles. The van der Waals surface area contributed by atoms with Gasteiger partial charge < -0.3 is 5.32 Å². The molecule has 19 heavy (non-hydrogen) atoms. The molecule has 0 radical (unpaired) electrons. The fourth-order valence-corrected chi connectivity index (χ4v) is 3.35. The summed E-state index contributed by atoms with van der Waals surface area (Å²) in [7, 11) is 0. The van der Waals surface area contributed by atoms with Crippen molar-refractivity contribution in [2.45, 2.75) is 13.5 Å². The molecule has 2 aromatic rings. The number of nitrogens with zero attached hydrogens (tertiary/aromatic N) is 3. The Morgan fingerprint density at radius 2 is 2.16 bits per heavy atom. The van der Waals surface area contributed by atoms with Crippen LogP contribution in [0.25, 0.3) is 10.2 Å². The van der Waals surface area contributed by atoms with E-state index in [1.807, 2.05) is 12.3 Å². The van der Waals surface area contributed by atoms with Gasteiger partial charge in [0, 0.05) is 39.3 Å². The molecule has 0 aliphatic carbocycles. The lowest BCUT2D eigenvalue weighted by atomic mass is 10.3. The van der Waals surface area contributed by atoms with Gasteiger partial charge in [-0.2, -0.15) is 0 Å². The first kappa shape index (κ1) is 12.8. The molecule has 0 amide bonds. The predicted molar refractivity (Wildman–Crippen MR) is 77.9 cm³/mol. The van der Waals surface area contributed by atoms with E-state index in [1.165, 1.54) is 11.3 Å². The summed E-state index contributed by atoms with van der Waals surface area (Å²) in [6.07, 6.45) is 1.69. The lowest BCUT2D eigenvalue weighted by Crippen LogP contribution is -2.45. The highest BCUT2D eigenvalue weighted by Crippen LogP contribution is 2.19. The van der Waals surface area contributed by atoms with Gasteiger partial charge >= 0.3 is 0 Å². The lowest BCUT2D eigenvalue weighted by molar-refractivity contribution is 0.231. The molecular formula is C13H18N4OS. The van der Waals surface area contributed by atoms with Gasteiger partial charge in [0.2, 0.25) is 0 Å². The lowest BCUT2D eigenvalue weighted by Gasteiger charge is -2.27. The largest absolute Gasteiger partial charge is 0.314 e. The Labute approximate surface area is 115 Å². The second-order valence-electron chi connectivity index (χ2n) is 4.93. The van der Waals surface area contributed by atoms with E-state index >= 15 is 0 Å². The molecule has 5 nitrogen and oxygen atoms in total. The number of rotatable bonds is 3. The minimum Gasteiger partial charge on any atom is -0.314 e. The SMILES string of the molecule is Cc1csc2c(=O)n(CCN3CCNCC3)cnc12. The number of hydrogen-bond acceptors (Lipinski definition) is 5. The summed E-state index contributed by atoms with van der Waals surface area (Å²) >= 11 is 1.50. The van der Waals surface area contributed by atoms with Crippen molar-refractivity contribution in [1.82, 2.24) is 19.8 Å². The minimum atomic E-state index is 0.0956. The van der Waals surface area contributed by atoms with Crippen molar-refractivity contribution < 1.29 is 0 Å². The van der Waals surface area contributed by atoms with Crippen LogP contribution in [0.3, 0.4) is 0 Å². The third kappa shape index (κ3) is 2.56. The Bertz CT molecular complexity index is 627. The van der Waals surface area contributed by atoms with E-state index in [1.54, 1.807) is 10.9 Å². The Morgan fingerprint density at radius 1 is 1.37 bits per heavy atom. The number of aryl methyl sites for hydroxylation is 1. The van der Waals surface area contributed by atoms with Crippen molar-refractivity contribution in [2.75, 3.05) is 32.7 Å². The molecule has 2 aromatic heterocycles. The highest BCUT2D eigenvalue weighted by Gasteiger charge is 2.11. The monoisotopic (exact) mass is 278 g/mol. The van der Waals surface area contributed by atoms with Crippen LogP contribution in [0, 0.1) is 6.92 Å². The second kappa shape index (κ2) is 5.40. The van der Waals surface area contributed by atoms with Crippen molar-refractivity contribution in [1.29, 1.82) is 0 Å². The van der Waals surface area contributed by atoms with Crippen molar-refractivity contribution in [3.8, 4) is 0 Å². The Kier molecular flexibility index (Phi) is 3.63. The van der Waals surface area contributed by atoms with E-state index in [4.69, 9.17) is 0 Å². The van der Waals surface area contributed by atoms with E-state index in [0.29, 0.717) is 0 Å². The fraction of sp³-hybridized carbons (Fsp3) is 0.538. The molecule has 0 bridgehead atoms. The first-order chi connectivity index (χ1) is 9.25. The van der Waals surface area contributed by atoms with Gasteiger partial charge in [0.15, 0.2) is 0 Å². The quantitative estimate of drug-likeness (QED) is 0.896. The molecular weight excluding hydrogens is 260 g/mol. The average Bonchev–Trinajstić information content (AvgIpc) is 2.82. The summed E-state index contributed by atoms with van der Waals surface area (Å²) in [5.41, 5.74) is 2.04. The van der Waals surface area contributed by atoms with Gasteiger partial charge in [-0.05, 0) is 17.9 Å². The van der Waals surface area contributed by atoms with Crippen LogP contribution in [0.15, 0.2) is 16.5 Å². The maximum absolute atomic E-state index is 12.3. The van der Waals surface area contributed by atoms with Crippen molar-refractivity contribution in [3.05, 3.63) is 27.6 Å². The summed E-state index contributed by atoms with van der Waals surface area (Å²) in [6, 6.07) is 0. The molecule has 3 heterocycles. The topological polar surface area (TPSA) is 50.2 Å². The molecule has 1 saturated heterocycles. The standard InChI is InChI=1S/C13H18N4OS/c1-10-8-19-12-11(10)15-9-17(13(12)18)7-6-16-4-2-14-3-5-16/h8-9,14H,2-7H2,1H3. The molecule has 0 aromatic carbocycles. The maximum atomic E-state index is 12.3. The van der Waals surface area contributed by atoms with E-state index in [2.05, 4.69) is 15.2 Å². The summed E-state index contributed by atoms with van der Waals surface area (Å²) < 4.78 is 2.51. The van der Waals surface area contributed by atoms with Gasteiger partial charge in [-0.1, -0.05) is 0 Å². The van der Waals surface area contributed by atoms with Gasteiger partial charge in [0.1, 0.15) is 4.70 Å². The van der Waals surface area contributed by atoms with Crippen molar-refractivity contribution in [2.24, 2.45) is 0 Å². The van der Waals surface area contributed by atoms with Gasteiger partial charge in [0.25, 0.3) is 5.56 Å². The highest BCUT2D eigenvalue weighted by molar-refractivity contribution is 7.17. The van der Waals surface area contributed by atoms with E-state index < -0.39 is 0 Å². The smallest absolute Gasteiger partial charge is 0.271 e. The summed E-state index contributed by atoms with van der Waals surface area (Å²) in [6.45, 7) is 7.83. The first-order valence-corrected chi connectivity index (χ1v) is 7.50. The number of nitrogens with one attached hydrogen (secondary N) is 1. The maximum Gasteiger partial charge on any atom is 0.271 e. The molecule has 1 N–H and O–H groups in total. The van der Waals surface area contributed by atoms with Crippen LogP contribution in [-0.4, -0.2) is 47.2 Å². The number of fused-ring (bicyclic) bond motifs is 1. The minimum absolute atomic E-state index is 0.0956. The zero-order valence-electron chi connectivity index (χ0n) is 11.1. The van der Waals surface area contributed by atoms with Crippen LogP contribution in [-0.2, 0) is 6.54 Å². The van der Waals surface area contributed by atoms with Crippen molar-refractivity contribution in [3.63, 3.8) is 0 Å². The number of aromatic nitrogens is 2. The third-order valence-electron chi connectivity index (χ3n) is 3.59. The normalized spacial score (nSPS) is 17.1. The van der Waals surface area contributed by atoms with Crippen LogP contribution in [0.4, 0.5) is 0 Å². The summed E-state index contributed by atoms with van der Waals surface area (Å²) in [5.74, 6) is 0. The molecule has 6 heteroatoms. The summed E-state index contributed by atoms with van der Waals surface area (Å²) in [4.78, 5) is 19.1. The Balaban J connectivity index is 1.77. The van der Waals surface area contributed by atoms with Crippen LogP contribution < -0.4 is 10.9 Å². The second-order valence-corrected chi connectivity index (χ2v) is 5.81. The molecule has 0 spiro atoms. The van der Waals surface area contributed by atoms with E-state index in [9.17, 15) is 4.79 Å². The number of thiophene rings is 1. The van der Waals surface area contributed by atoms with Crippen LogP contribution in [0.2, 0.25) is 0 Å². The molecule has 0 atom stereocenters. The van der Waals surface area contributed by atoms with E-state index in [-0.39, 0.29) is 5.56 Å². The van der Waals surface area contributed by atoms with Gasteiger partial charge in [-0.15, -0.1) is 11.3 Å². The molecule has 0 unspecified atom stereocenters. The molecule has 1 aliphatic rings. The zero-order valence-corrected chi connectivity index (χ0v) is 11.9. The highest BCUT2D eigenvalue weighted by atomic mass is 32.1. The molecule has 3 rings (SSSR count). The summed E-state index contributed by atoms with van der Waals surface area (Å²) in [5, 5.41) is 5.33. The van der Waals surface area contributed by atoms with Crippen LogP contribution >= 0.6 is 11.3 Å². The van der Waals surface area contributed by atoms with Gasteiger partial charge in [-0.3, -0.25) is 14.3 Å². The zero-order chi connectivity index (χ0) is 13.2. The predicted octanol–water partition coefficient (Wildman–Crippen LogP) is 0.672. The Hall–Kier alpha value is -1.24. The molecule has 1 fully saturated rings. The van der Waals surface area contributed by atoms with Crippen LogP contribution in [0.1, 0.15) is 5.56 Å². The van der Waals surface area contributed by atoms with Crippen LogP contribution in [0.5, 0.6) is 0 Å². The Morgan fingerprint density at radius 3 is 2.95 bits per heavy atom. The van der Waals surface area contributed by atoms with E-state index in [0.717, 1.165) is 55.0 Å².